The van der Waals surface area contributed by atoms with Crippen LogP contribution in [0.5, 0.6) is 11.5 Å². The summed E-state index contributed by atoms with van der Waals surface area (Å²) in [5.74, 6) is 1.18. The topological polar surface area (TPSA) is 80.3 Å². The van der Waals surface area contributed by atoms with Gasteiger partial charge in [-0.15, -0.1) is 0 Å². The number of urea groups is 1. The maximum Gasteiger partial charge on any atom is 0.319 e. The standard InChI is InChI=1S/C28H33N3O3/c1-5-7-8-22-15-19(3)20(4)16-25(22)31-28(33)30-18-21-9-11-23(12-10-21)34-24-13-14-29-26(17-24)27(32)6-2/h9-17H,5-8,18H2,1-4H3,(H2,30,31,33). The van der Waals surface area contributed by atoms with Gasteiger partial charge in [-0.1, -0.05) is 38.5 Å². The average molecular weight is 460 g/mol. The van der Waals surface area contributed by atoms with Gasteiger partial charge in [-0.2, -0.15) is 0 Å². The van der Waals surface area contributed by atoms with Crippen molar-refractivity contribution in [2.24, 2.45) is 0 Å². The van der Waals surface area contributed by atoms with Crippen LogP contribution in [0.2, 0.25) is 0 Å². The summed E-state index contributed by atoms with van der Waals surface area (Å²) in [5, 5.41) is 5.94. The van der Waals surface area contributed by atoms with Crippen LogP contribution in [0.1, 0.15) is 65.9 Å². The van der Waals surface area contributed by atoms with E-state index in [4.69, 9.17) is 4.74 Å². The fraction of sp³-hybridized carbons (Fsp3) is 0.321. The zero-order valence-electron chi connectivity index (χ0n) is 20.4. The number of anilines is 1. The molecule has 1 aromatic heterocycles. The van der Waals surface area contributed by atoms with Crippen LogP contribution in [0.25, 0.3) is 0 Å². The van der Waals surface area contributed by atoms with Crippen molar-refractivity contribution >= 4 is 17.5 Å². The van der Waals surface area contributed by atoms with E-state index in [0.717, 1.165) is 36.1 Å². The number of benzene rings is 2. The average Bonchev–Trinajstić information content (AvgIpc) is 2.84. The molecule has 1 heterocycles. The van der Waals surface area contributed by atoms with Crippen LogP contribution in [0.4, 0.5) is 10.5 Å². The number of ketones is 1. The van der Waals surface area contributed by atoms with Crippen molar-refractivity contribution in [3.63, 3.8) is 0 Å². The molecule has 0 radical (unpaired) electrons. The number of aryl methyl sites for hydroxylation is 3. The van der Waals surface area contributed by atoms with E-state index in [1.165, 1.54) is 11.1 Å². The van der Waals surface area contributed by atoms with E-state index < -0.39 is 0 Å². The van der Waals surface area contributed by atoms with E-state index in [9.17, 15) is 9.59 Å². The summed E-state index contributed by atoms with van der Waals surface area (Å²) < 4.78 is 5.85. The quantitative estimate of drug-likeness (QED) is 0.329. The molecule has 6 heteroatoms. The molecule has 2 amide bonds. The maximum absolute atomic E-state index is 12.5. The van der Waals surface area contributed by atoms with Gasteiger partial charge in [0, 0.05) is 30.9 Å². The number of nitrogens with zero attached hydrogens (tertiary/aromatic N) is 1. The Balaban J connectivity index is 1.57. The van der Waals surface area contributed by atoms with E-state index in [0.29, 0.717) is 30.2 Å². The van der Waals surface area contributed by atoms with Crippen LogP contribution in [0.3, 0.4) is 0 Å². The van der Waals surface area contributed by atoms with Gasteiger partial charge in [-0.3, -0.25) is 9.78 Å². The molecule has 0 saturated carbocycles. The molecule has 0 aliphatic heterocycles. The molecule has 6 nitrogen and oxygen atoms in total. The lowest BCUT2D eigenvalue weighted by atomic mass is 10.00. The minimum Gasteiger partial charge on any atom is -0.457 e. The Morgan fingerprint density at radius 3 is 2.38 bits per heavy atom. The molecule has 0 bridgehead atoms. The highest BCUT2D eigenvalue weighted by molar-refractivity contribution is 5.94. The predicted molar refractivity (Wildman–Crippen MR) is 136 cm³/mol. The van der Waals surface area contributed by atoms with Crippen molar-refractivity contribution in [2.75, 3.05) is 5.32 Å². The lowest BCUT2D eigenvalue weighted by molar-refractivity contribution is 0.0983. The Kier molecular flexibility index (Phi) is 8.79. The number of hydrogen-bond donors (Lipinski definition) is 2. The van der Waals surface area contributed by atoms with Crippen molar-refractivity contribution in [3.05, 3.63) is 82.7 Å². The molecule has 3 rings (SSSR count). The number of hydrogen-bond acceptors (Lipinski definition) is 4. The number of unbranched alkanes of at least 4 members (excludes halogenated alkanes) is 1. The van der Waals surface area contributed by atoms with Crippen LogP contribution < -0.4 is 15.4 Å². The van der Waals surface area contributed by atoms with Gasteiger partial charge in [0.05, 0.1) is 0 Å². The summed E-state index contributed by atoms with van der Waals surface area (Å²) in [6.45, 7) is 8.52. The number of rotatable bonds is 10. The third-order valence-electron chi connectivity index (χ3n) is 5.72. The van der Waals surface area contributed by atoms with Gasteiger partial charge >= 0.3 is 6.03 Å². The minimum absolute atomic E-state index is 0.0246. The molecule has 0 fully saturated rings. The molecule has 0 aliphatic carbocycles. The van der Waals surface area contributed by atoms with Gasteiger partial charge in [0.2, 0.25) is 0 Å². The summed E-state index contributed by atoms with van der Waals surface area (Å²) in [7, 11) is 0. The van der Waals surface area contributed by atoms with Crippen molar-refractivity contribution in [1.82, 2.24) is 10.3 Å². The molecule has 0 atom stereocenters. The van der Waals surface area contributed by atoms with E-state index in [-0.39, 0.29) is 11.8 Å². The number of Topliss-reactive ketones (excluding diaryl/α,β-unsaturated/α-hetero) is 1. The number of amides is 2. The fourth-order valence-electron chi connectivity index (χ4n) is 3.53. The summed E-state index contributed by atoms with van der Waals surface area (Å²) in [6.07, 6.45) is 5.11. The SMILES string of the molecule is CCCCc1cc(C)c(C)cc1NC(=O)NCc1ccc(Oc2ccnc(C(=O)CC)c2)cc1. The first-order valence-electron chi connectivity index (χ1n) is 11.8. The number of ether oxygens (including phenoxy) is 1. The largest absolute Gasteiger partial charge is 0.457 e. The highest BCUT2D eigenvalue weighted by Crippen LogP contribution is 2.24. The number of aromatic nitrogens is 1. The number of carbonyl (C=O) groups excluding carboxylic acids is 2. The number of pyridine rings is 1. The lowest BCUT2D eigenvalue weighted by Crippen LogP contribution is -2.28. The van der Waals surface area contributed by atoms with E-state index in [1.54, 1.807) is 25.3 Å². The zero-order chi connectivity index (χ0) is 24.5. The van der Waals surface area contributed by atoms with Crippen molar-refractivity contribution in [2.45, 2.75) is 59.9 Å². The van der Waals surface area contributed by atoms with E-state index >= 15 is 0 Å². The number of nitrogens with one attached hydrogen (secondary N) is 2. The monoisotopic (exact) mass is 459 g/mol. The van der Waals surface area contributed by atoms with Crippen molar-refractivity contribution in [3.8, 4) is 11.5 Å². The molecule has 2 aromatic carbocycles. The molecule has 0 aliphatic rings. The third kappa shape index (κ3) is 6.91. The first kappa shape index (κ1) is 25.0. The molecule has 0 spiro atoms. The second-order valence-electron chi connectivity index (χ2n) is 8.40. The summed E-state index contributed by atoms with van der Waals surface area (Å²) in [6, 6.07) is 14.8. The molecule has 0 unspecified atom stereocenters. The highest BCUT2D eigenvalue weighted by Gasteiger charge is 2.10. The van der Waals surface area contributed by atoms with Gasteiger partial charge in [0.15, 0.2) is 5.78 Å². The zero-order valence-corrected chi connectivity index (χ0v) is 20.4. The van der Waals surface area contributed by atoms with Crippen LogP contribution in [-0.2, 0) is 13.0 Å². The van der Waals surface area contributed by atoms with E-state index in [2.05, 4.69) is 42.5 Å². The minimum atomic E-state index is -0.230. The second-order valence-corrected chi connectivity index (χ2v) is 8.40. The van der Waals surface area contributed by atoms with Gasteiger partial charge < -0.3 is 15.4 Å². The number of carbonyl (C=O) groups is 2. The Morgan fingerprint density at radius 1 is 0.941 bits per heavy atom. The lowest BCUT2D eigenvalue weighted by Gasteiger charge is -2.15. The Bertz CT molecular complexity index is 1140. The van der Waals surface area contributed by atoms with Gasteiger partial charge in [0.1, 0.15) is 17.2 Å². The van der Waals surface area contributed by atoms with Crippen LogP contribution in [0, 0.1) is 13.8 Å². The molecule has 0 saturated heterocycles. The van der Waals surface area contributed by atoms with Gasteiger partial charge in [-0.25, -0.2) is 4.79 Å². The molecular weight excluding hydrogens is 426 g/mol. The Labute approximate surface area is 201 Å². The van der Waals surface area contributed by atoms with Crippen LogP contribution in [-0.4, -0.2) is 16.8 Å². The summed E-state index contributed by atoms with van der Waals surface area (Å²) in [4.78, 5) is 28.5. The first-order chi connectivity index (χ1) is 16.4. The normalized spacial score (nSPS) is 10.6. The first-order valence-corrected chi connectivity index (χ1v) is 11.8. The van der Waals surface area contributed by atoms with Crippen LogP contribution >= 0.6 is 0 Å². The Hall–Kier alpha value is -3.67. The molecule has 2 N–H and O–H groups in total. The summed E-state index contributed by atoms with van der Waals surface area (Å²) in [5.41, 5.74) is 5.78. The van der Waals surface area contributed by atoms with Gasteiger partial charge in [-0.05, 0) is 73.2 Å². The molecule has 34 heavy (non-hydrogen) atoms. The van der Waals surface area contributed by atoms with Gasteiger partial charge in [0.25, 0.3) is 0 Å². The van der Waals surface area contributed by atoms with E-state index in [1.807, 2.05) is 30.3 Å². The smallest absolute Gasteiger partial charge is 0.319 e. The third-order valence-corrected chi connectivity index (χ3v) is 5.72. The summed E-state index contributed by atoms with van der Waals surface area (Å²) >= 11 is 0. The van der Waals surface area contributed by atoms with Crippen LogP contribution in [0.15, 0.2) is 54.7 Å². The maximum atomic E-state index is 12.5. The predicted octanol–water partition coefficient (Wildman–Crippen LogP) is 6.75. The molecule has 3 aromatic rings. The molecule has 178 valence electrons. The Morgan fingerprint density at radius 2 is 1.68 bits per heavy atom. The molecular formula is C28H33N3O3. The van der Waals surface area contributed by atoms with Crippen molar-refractivity contribution in [1.29, 1.82) is 0 Å². The second kappa shape index (κ2) is 12.0. The van der Waals surface area contributed by atoms with Crippen molar-refractivity contribution < 1.29 is 14.3 Å². The fourth-order valence-corrected chi connectivity index (χ4v) is 3.53. The highest BCUT2D eigenvalue weighted by atomic mass is 16.5.